The number of rotatable bonds is 4. The molecule has 1 unspecified atom stereocenters. The number of ether oxygens (including phenoxy) is 1. The third-order valence-corrected chi connectivity index (χ3v) is 3.25. The number of hydrogen-bond donors (Lipinski definition) is 0. The molecule has 0 aliphatic carbocycles. The highest BCUT2D eigenvalue weighted by Crippen LogP contribution is 2.22. The van der Waals surface area contributed by atoms with Gasteiger partial charge in [-0.2, -0.15) is 10.1 Å². The Hall–Kier alpha value is -1.69. The Morgan fingerprint density at radius 1 is 1.50 bits per heavy atom. The van der Waals surface area contributed by atoms with Crippen LogP contribution in [0.2, 0.25) is 0 Å². The van der Waals surface area contributed by atoms with E-state index < -0.39 is 0 Å². The van der Waals surface area contributed by atoms with Crippen LogP contribution >= 0.6 is 0 Å². The van der Waals surface area contributed by atoms with E-state index in [0.29, 0.717) is 24.8 Å². The first-order chi connectivity index (χ1) is 8.83. The van der Waals surface area contributed by atoms with Crippen LogP contribution in [-0.4, -0.2) is 33.1 Å². The van der Waals surface area contributed by atoms with Crippen LogP contribution < -0.4 is 0 Å². The van der Waals surface area contributed by atoms with E-state index in [2.05, 4.69) is 15.2 Å². The van der Waals surface area contributed by atoms with Crippen LogP contribution in [0.25, 0.3) is 0 Å². The summed E-state index contributed by atoms with van der Waals surface area (Å²) >= 11 is 0. The van der Waals surface area contributed by atoms with Crippen molar-refractivity contribution in [1.82, 2.24) is 19.9 Å². The smallest absolute Gasteiger partial charge is 0.228 e. The molecule has 1 aliphatic rings. The lowest BCUT2D eigenvalue weighted by atomic mass is 10.1. The fourth-order valence-electron chi connectivity index (χ4n) is 2.11. The van der Waals surface area contributed by atoms with Gasteiger partial charge in [-0.3, -0.25) is 4.68 Å². The molecule has 2 aromatic rings. The van der Waals surface area contributed by atoms with Crippen LogP contribution in [0.3, 0.4) is 0 Å². The average Bonchev–Trinajstić information content (AvgIpc) is 3.08. The summed E-state index contributed by atoms with van der Waals surface area (Å²) in [7, 11) is 0. The second kappa shape index (κ2) is 4.89. The molecule has 0 amide bonds. The molecule has 1 aliphatic heterocycles. The summed E-state index contributed by atoms with van der Waals surface area (Å²) < 4.78 is 12.5. The third kappa shape index (κ3) is 2.28. The maximum absolute atomic E-state index is 5.32. The average molecular weight is 248 g/mol. The van der Waals surface area contributed by atoms with Crippen LogP contribution in [0.1, 0.15) is 29.7 Å². The van der Waals surface area contributed by atoms with E-state index in [-0.39, 0.29) is 0 Å². The van der Waals surface area contributed by atoms with Crippen molar-refractivity contribution in [3.63, 3.8) is 0 Å². The van der Waals surface area contributed by atoms with E-state index in [1.807, 2.05) is 17.7 Å². The molecule has 3 rings (SSSR count). The Morgan fingerprint density at radius 2 is 2.44 bits per heavy atom. The van der Waals surface area contributed by atoms with E-state index in [1.54, 1.807) is 6.20 Å². The second-order valence-electron chi connectivity index (χ2n) is 4.55. The Balaban J connectivity index is 1.61. The van der Waals surface area contributed by atoms with Gasteiger partial charge in [0.15, 0.2) is 5.82 Å². The summed E-state index contributed by atoms with van der Waals surface area (Å²) in [6.07, 6.45) is 3.49. The molecule has 0 radical (unpaired) electrons. The molecule has 18 heavy (non-hydrogen) atoms. The molecule has 6 nitrogen and oxygen atoms in total. The molecule has 0 aromatic carbocycles. The van der Waals surface area contributed by atoms with Crippen molar-refractivity contribution < 1.29 is 9.26 Å². The van der Waals surface area contributed by atoms with Gasteiger partial charge in [0.25, 0.3) is 0 Å². The molecule has 0 saturated carbocycles. The largest absolute Gasteiger partial charge is 0.381 e. The normalized spacial score (nSPS) is 19.5. The quantitative estimate of drug-likeness (QED) is 0.816. The maximum atomic E-state index is 5.32. The molecule has 1 saturated heterocycles. The van der Waals surface area contributed by atoms with Gasteiger partial charge in [0.2, 0.25) is 5.89 Å². The van der Waals surface area contributed by atoms with Crippen molar-refractivity contribution >= 4 is 0 Å². The minimum atomic E-state index is 0.300. The van der Waals surface area contributed by atoms with E-state index in [9.17, 15) is 0 Å². The van der Waals surface area contributed by atoms with Crippen LogP contribution in [0.5, 0.6) is 0 Å². The summed E-state index contributed by atoms with van der Waals surface area (Å²) in [5.74, 6) is 1.75. The Bertz CT molecular complexity index is 514. The standard InChI is InChI=1S/C12H16N4O2/c1-9-2-5-13-16(9)6-3-11-14-12(15-18-11)10-4-7-17-8-10/h2,5,10H,3-4,6-8H2,1H3. The number of nitrogens with zero attached hydrogens (tertiary/aromatic N) is 4. The van der Waals surface area contributed by atoms with Crippen LogP contribution in [0.15, 0.2) is 16.8 Å². The first kappa shape index (κ1) is 11.4. The fourth-order valence-corrected chi connectivity index (χ4v) is 2.11. The van der Waals surface area contributed by atoms with E-state index >= 15 is 0 Å². The third-order valence-electron chi connectivity index (χ3n) is 3.25. The molecule has 3 heterocycles. The van der Waals surface area contributed by atoms with Crippen LogP contribution in [-0.2, 0) is 17.7 Å². The lowest BCUT2D eigenvalue weighted by Gasteiger charge is -2.00. The maximum Gasteiger partial charge on any atom is 0.228 e. The zero-order chi connectivity index (χ0) is 12.4. The first-order valence-corrected chi connectivity index (χ1v) is 6.21. The summed E-state index contributed by atoms with van der Waals surface area (Å²) in [6.45, 7) is 4.29. The van der Waals surface area contributed by atoms with Crippen molar-refractivity contribution in [2.75, 3.05) is 13.2 Å². The van der Waals surface area contributed by atoms with E-state index in [0.717, 1.165) is 31.1 Å². The van der Waals surface area contributed by atoms with Gasteiger partial charge in [0.05, 0.1) is 6.61 Å². The van der Waals surface area contributed by atoms with Gasteiger partial charge in [-0.05, 0) is 19.4 Å². The van der Waals surface area contributed by atoms with Gasteiger partial charge in [-0.15, -0.1) is 0 Å². The Morgan fingerprint density at radius 3 is 3.17 bits per heavy atom. The highest BCUT2D eigenvalue weighted by atomic mass is 16.5. The predicted octanol–water partition coefficient (Wildman–Crippen LogP) is 1.32. The number of aryl methyl sites for hydroxylation is 3. The summed E-state index contributed by atoms with van der Waals surface area (Å²) in [6, 6.07) is 1.98. The van der Waals surface area contributed by atoms with Gasteiger partial charge in [-0.1, -0.05) is 5.16 Å². The van der Waals surface area contributed by atoms with Gasteiger partial charge >= 0.3 is 0 Å². The topological polar surface area (TPSA) is 66.0 Å². The second-order valence-corrected chi connectivity index (χ2v) is 4.55. The molecular weight excluding hydrogens is 232 g/mol. The van der Waals surface area contributed by atoms with Gasteiger partial charge in [-0.25, -0.2) is 0 Å². The molecule has 0 N–H and O–H groups in total. The number of aromatic nitrogens is 4. The summed E-state index contributed by atoms with van der Waals surface area (Å²) in [5, 5.41) is 8.25. The predicted molar refractivity (Wildman–Crippen MR) is 63.1 cm³/mol. The highest BCUT2D eigenvalue weighted by Gasteiger charge is 2.22. The van der Waals surface area contributed by atoms with Crippen LogP contribution in [0, 0.1) is 6.92 Å². The molecular formula is C12H16N4O2. The van der Waals surface area contributed by atoms with Gasteiger partial charge in [0.1, 0.15) is 0 Å². The molecule has 2 aromatic heterocycles. The van der Waals surface area contributed by atoms with E-state index in [1.165, 1.54) is 0 Å². The fraction of sp³-hybridized carbons (Fsp3) is 0.583. The summed E-state index contributed by atoms with van der Waals surface area (Å²) in [5.41, 5.74) is 1.14. The zero-order valence-corrected chi connectivity index (χ0v) is 10.4. The van der Waals surface area contributed by atoms with Gasteiger partial charge in [0, 0.05) is 37.4 Å². The van der Waals surface area contributed by atoms with Crippen molar-refractivity contribution in [3.05, 3.63) is 29.7 Å². The van der Waals surface area contributed by atoms with Crippen molar-refractivity contribution in [1.29, 1.82) is 0 Å². The molecule has 0 spiro atoms. The van der Waals surface area contributed by atoms with Crippen molar-refractivity contribution in [2.45, 2.75) is 32.2 Å². The number of hydrogen-bond acceptors (Lipinski definition) is 5. The lowest BCUT2D eigenvalue weighted by Crippen LogP contribution is -2.05. The lowest BCUT2D eigenvalue weighted by molar-refractivity contribution is 0.192. The highest BCUT2D eigenvalue weighted by molar-refractivity contribution is 4.99. The SMILES string of the molecule is Cc1ccnn1CCc1nc(C2CCOC2)no1. The molecule has 1 atom stereocenters. The molecule has 1 fully saturated rings. The molecule has 6 heteroatoms. The molecule has 96 valence electrons. The Kier molecular flexibility index (Phi) is 3.10. The minimum Gasteiger partial charge on any atom is -0.381 e. The summed E-state index contributed by atoms with van der Waals surface area (Å²) in [4.78, 5) is 4.42. The molecule has 0 bridgehead atoms. The minimum absolute atomic E-state index is 0.300. The van der Waals surface area contributed by atoms with Crippen LogP contribution in [0.4, 0.5) is 0 Å². The Labute approximate surface area is 105 Å². The zero-order valence-electron chi connectivity index (χ0n) is 10.4. The van der Waals surface area contributed by atoms with Crippen molar-refractivity contribution in [3.8, 4) is 0 Å². The van der Waals surface area contributed by atoms with E-state index in [4.69, 9.17) is 9.26 Å². The first-order valence-electron chi connectivity index (χ1n) is 6.21. The van der Waals surface area contributed by atoms with Gasteiger partial charge < -0.3 is 9.26 Å². The monoisotopic (exact) mass is 248 g/mol. The van der Waals surface area contributed by atoms with Crippen molar-refractivity contribution in [2.24, 2.45) is 0 Å².